The van der Waals surface area contributed by atoms with Crippen molar-refractivity contribution in [2.24, 2.45) is 0 Å². The Bertz CT molecular complexity index is 586. The maximum Gasteiger partial charge on any atom is 0.101 e. The van der Waals surface area contributed by atoms with Crippen molar-refractivity contribution < 1.29 is 0 Å². The Morgan fingerprint density at radius 3 is 0.822 bits per heavy atom. The van der Waals surface area contributed by atoms with Crippen LogP contribution in [-0.4, -0.2) is 29.1 Å². The fourth-order valence-corrected chi connectivity index (χ4v) is 7.42. The molecular formula is C43H86N2. The van der Waals surface area contributed by atoms with Crippen molar-refractivity contribution in [2.45, 2.75) is 252 Å². The molecule has 1 rings (SSSR count). The maximum atomic E-state index is 2.71. The standard InChI is InChI=1S/C43H86N2/c1-4-7-10-12-14-16-18-20-22-23-24-25-27-29-31-33-35-38-43-44(39-36-9-6-3)41-42-45(43)40-37-34-32-30-28-26-21-19-17-15-13-11-8-5-2/h41-43H,4-40H2,1-3H3. The van der Waals surface area contributed by atoms with Crippen molar-refractivity contribution in [1.29, 1.82) is 0 Å². The van der Waals surface area contributed by atoms with Gasteiger partial charge in [-0.3, -0.25) is 0 Å². The molecule has 0 saturated carbocycles. The second kappa shape index (κ2) is 34.7. The third kappa shape index (κ3) is 27.0. The van der Waals surface area contributed by atoms with Crippen LogP contribution in [0, 0.1) is 0 Å². The summed E-state index contributed by atoms with van der Waals surface area (Å²) in [6.45, 7) is 9.47. The monoisotopic (exact) mass is 631 g/mol. The van der Waals surface area contributed by atoms with Crippen molar-refractivity contribution in [3.63, 3.8) is 0 Å². The molecule has 0 aliphatic carbocycles. The maximum absolute atomic E-state index is 2.71. The van der Waals surface area contributed by atoms with Crippen LogP contribution in [0.1, 0.15) is 245 Å². The first-order valence-corrected chi connectivity index (χ1v) is 21.5. The lowest BCUT2D eigenvalue weighted by Crippen LogP contribution is -2.39. The van der Waals surface area contributed by atoms with E-state index in [1.54, 1.807) is 0 Å². The molecule has 1 atom stereocenters. The van der Waals surface area contributed by atoms with E-state index in [4.69, 9.17) is 0 Å². The summed E-state index contributed by atoms with van der Waals surface area (Å²) in [7, 11) is 0. The topological polar surface area (TPSA) is 6.48 Å². The van der Waals surface area contributed by atoms with E-state index in [1.165, 1.54) is 238 Å². The van der Waals surface area contributed by atoms with Crippen LogP contribution in [0.2, 0.25) is 0 Å². The van der Waals surface area contributed by atoms with E-state index in [1.807, 2.05) is 0 Å². The zero-order valence-electron chi connectivity index (χ0n) is 31.8. The Morgan fingerprint density at radius 1 is 0.289 bits per heavy atom. The third-order valence-corrected chi connectivity index (χ3v) is 10.6. The van der Waals surface area contributed by atoms with Crippen molar-refractivity contribution in [3.8, 4) is 0 Å². The van der Waals surface area contributed by atoms with Gasteiger partial charge in [-0.1, -0.05) is 220 Å². The summed E-state index contributed by atoms with van der Waals surface area (Å²) in [5.41, 5.74) is 0. The fraction of sp³-hybridized carbons (Fsp3) is 0.953. The highest BCUT2D eigenvalue weighted by atomic mass is 15.4. The average Bonchev–Trinajstić information content (AvgIpc) is 3.43. The molecule has 0 aromatic heterocycles. The SMILES string of the molecule is CCCCCCCCCCCCCCCCCCCC1N(CCCCC)C=CN1CCCCCCCCCCCCCCCC. The zero-order valence-corrected chi connectivity index (χ0v) is 31.8. The Hall–Kier alpha value is -0.660. The summed E-state index contributed by atoms with van der Waals surface area (Å²) in [5, 5.41) is 0. The largest absolute Gasteiger partial charge is 0.356 e. The minimum Gasteiger partial charge on any atom is -0.356 e. The number of hydrogen-bond acceptors (Lipinski definition) is 2. The summed E-state index contributed by atoms with van der Waals surface area (Å²) in [6.07, 6.45) is 56.0. The highest BCUT2D eigenvalue weighted by Crippen LogP contribution is 2.24. The van der Waals surface area contributed by atoms with E-state index in [9.17, 15) is 0 Å². The van der Waals surface area contributed by atoms with Crippen LogP contribution < -0.4 is 0 Å². The number of rotatable bonds is 37. The molecule has 0 saturated heterocycles. The van der Waals surface area contributed by atoms with Gasteiger partial charge in [-0.05, 0) is 25.7 Å². The molecule has 0 aromatic carbocycles. The van der Waals surface area contributed by atoms with Crippen LogP contribution in [-0.2, 0) is 0 Å². The number of hydrogen-bond donors (Lipinski definition) is 0. The first-order chi connectivity index (χ1) is 22.3. The Balaban J connectivity index is 2.04. The first-order valence-electron chi connectivity index (χ1n) is 21.5. The molecule has 0 fully saturated rings. The Morgan fingerprint density at radius 2 is 0.511 bits per heavy atom. The second-order valence-electron chi connectivity index (χ2n) is 15.0. The van der Waals surface area contributed by atoms with Crippen molar-refractivity contribution in [2.75, 3.05) is 13.1 Å². The molecular weight excluding hydrogens is 544 g/mol. The van der Waals surface area contributed by atoms with Crippen molar-refractivity contribution in [3.05, 3.63) is 12.4 Å². The van der Waals surface area contributed by atoms with Crippen LogP contribution in [0.3, 0.4) is 0 Å². The summed E-state index contributed by atoms with van der Waals surface area (Å²) < 4.78 is 0. The molecule has 1 unspecified atom stereocenters. The summed E-state index contributed by atoms with van der Waals surface area (Å²) in [4.78, 5) is 5.39. The van der Waals surface area contributed by atoms with Gasteiger partial charge in [0, 0.05) is 25.5 Å². The van der Waals surface area contributed by atoms with E-state index in [0.29, 0.717) is 6.17 Å². The lowest BCUT2D eigenvalue weighted by molar-refractivity contribution is 0.135. The molecule has 0 aromatic rings. The molecule has 0 radical (unpaired) electrons. The number of unbranched alkanes of at least 4 members (excludes halogenated alkanes) is 31. The quantitative estimate of drug-likeness (QED) is 0.0630. The van der Waals surface area contributed by atoms with Gasteiger partial charge in [0.1, 0.15) is 6.17 Å². The average molecular weight is 631 g/mol. The normalized spacial score (nSPS) is 14.8. The van der Waals surface area contributed by atoms with E-state index in [2.05, 4.69) is 43.0 Å². The minimum atomic E-state index is 0.639. The predicted molar refractivity (Wildman–Crippen MR) is 205 cm³/mol. The molecule has 0 bridgehead atoms. The van der Waals surface area contributed by atoms with Crippen LogP contribution in [0.15, 0.2) is 12.4 Å². The molecule has 1 aliphatic heterocycles. The molecule has 2 nitrogen and oxygen atoms in total. The van der Waals surface area contributed by atoms with E-state index < -0.39 is 0 Å². The van der Waals surface area contributed by atoms with Crippen molar-refractivity contribution in [1.82, 2.24) is 9.80 Å². The van der Waals surface area contributed by atoms with E-state index in [-0.39, 0.29) is 0 Å². The molecule has 1 aliphatic rings. The lowest BCUT2D eigenvalue weighted by Gasteiger charge is -2.33. The van der Waals surface area contributed by atoms with Gasteiger partial charge in [-0.2, -0.15) is 0 Å². The molecule has 0 spiro atoms. The molecule has 2 heteroatoms. The predicted octanol–water partition coefficient (Wildman–Crippen LogP) is 15.1. The molecule has 0 N–H and O–H groups in total. The smallest absolute Gasteiger partial charge is 0.101 e. The summed E-state index contributed by atoms with van der Waals surface area (Å²) in [5.74, 6) is 0. The van der Waals surface area contributed by atoms with Gasteiger partial charge in [0.25, 0.3) is 0 Å². The van der Waals surface area contributed by atoms with Crippen LogP contribution >= 0.6 is 0 Å². The number of nitrogens with zero attached hydrogens (tertiary/aromatic N) is 2. The minimum absolute atomic E-state index is 0.639. The van der Waals surface area contributed by atoms with Crippen molar-refractivity contribution >= 4 is 0 Å². The highest BCUT2D eigenvalue weighted by molar-refractivity contribution is 4.97. The summed E-state index contributed by atoms with van der Waals surface area (Å²) >= 11 is 0. The lowest BCUT2D eigenvalue weighted by atomic mass is 10.0. The Labute approximate surface area is 286 Å². The Kier molecular flexibility index (Phi) is 32.6. The van der Waals surface area contributed by atoms with Gasteiger partial charge in [-0.25, -0.2) is 0 Å². The van der Waals surface area contributed by atoms with E-state index >= 15 is 0 Å². The highest BCUT2D eigenvalue weighted by Gasteiger charge is 2.24. The second-order valence-corrected chi connectivity index (χ2v) is 15.0. The van der Waals surface area contributed by atoms with Gasteiger partial charge in [-0.15, -0.1) is 0 Å². The van der Waals surface area contributed by atoms with Gasteiger partial charge in [0.2, 0.25) is 0 Å². The van der Waals surface area contributed by atoms with Gasteiger partial charge in [0.05, 0.1) is 0 Å². The van der Waals surface area contributed by atoms with Crippen LogP contribution in [0.25, 0.3) is 0 Å². The molecule has 45 heavy (non-hydrogen) atoms. The van der Waals surface area contributed by atoms with Gasteiger partial charge < -0.3 is 9.80 Å². The van der Waals surface area contributed by atoms with Crippen LogP contribution in [0.4, 0.5) is 0 Å². The molecule has 1 heterocycles. The van der Waals surface area contributed by atoms with E-state index in [0.717, 1.165) is 0 Å². The third-order valence-electron chi connectivity index (χ3n) is 10.6. The van der Waals surface area contributed by atoms with Crippen LogP contribution in [0.5, 0.6) is 0 Å². The first kappa shape index (κ1) is 42.4. The van der Waals surface area contributed by atoms with Gasteiger partial charge >= 0.3 is 0 Å². The summed E-state index contributed by atoms with van der Waals surface area (Å²) in [6, 6.07) is 0. The van der Waals surface area contributed by atoms with Gasteiger partial charge in [0.15, 0.2) is 0 Å². The fourth-order valence-electron chi connectivity index (χ4n) is 7.42. The molecule has 0 amide bonds. The molecule has 268 valence electrons. The zero-order chi connectivity index (χ0) is 32.3.